The number of halogens is 1. The van der Waals surface area contributed by atoms with Crippen LogP contribution in [0.4, 0.5) is 0 Å². The minimum atomic E-state index is 0. The maximum absolute atomic E-state index is 4.34. The SMILES string of the molecule is CCN(CC)C(C)CNC(=NC)NCC1CCCN1CC.I. The molecule has 22 heavy (non-hydrogen) atoms. The van der Waals surface area contributed by atoms with E-state index in [0.717, 1.165) is 38.7 Å². The Kier molecular flexibility index (Phi) is 12.3. The average molecular weight is 425 g/mol. The van der Waals surface area contributed by atoms with Gasteiger partial charge >= 0.3 is 0 Å². The number of likely N-dealkylation sites (tertiary alicyclic amines) is 1. The van der Waals surface area contributed by atoms with E-state index < -0.39 is 0 Å². The zero-order valence-corrected chi connectivity index (χ0v) is 17.4. The van der Waals surface area contributed by atoms with Crippen molar-refractivity contribution in [1.29, 1.82) is 0 Å². The van der Waals surface area contributed by atoms with Gasteiger partial charge in [-0.1, -0.05) is 20.8 Å². The first-order valence-electron chi connectivity index (χ1n) is 8.58. The highest BCUT2D eigenvalue weighted by molar-refractivity contribution is 14.0. The largest absolute Gasteiger partial charge is 0.355 e. The summed E-state index contributed by atoms with van der Waals surface area (Å²) in [5, 5.41) is 6.94. The highest BCUT2D eigenvalue weighted by atomic mass is 127. The molecule has 0 amide bonds. The summed E-state index contributed by atoms with van der Waals surface area (Å²) in [6.07, 6.45) is 2.62. The number of nitrogens with one attached hydrogen (secondary N) is 2. The number of rotatable bonds is 8. The smallest absolute Gasteiger partial charge is 0.191 e. The first-order chi connectivity index (χ1) is 10.2. The molecule has 0 saturated carbocycles. The normalized spacial score (nSPS) is 20.8. The minimum absolute atomic E-state index is 0. The van der Waals surface area contributed by atoms with Crippen LogP contribution in [0.3, 0.4) is 0 Å². The van der Waals surface area contributed by atoms with Gasteiger partial charge < -0.3 is 10.6 Å². The van der Waals surface area contributed by atoms with Crippen molar-refractivity contribution in [2.45, 2.75) is 52.6 Å². The number of nitrogens with zero attached hydrogens (tertiary/aromatic N) is 3. The van der Waals surface area contributed by atoms with Crippen LogP contribution in [0.15, 0.2) is 4.99 Å². The highest BCUT2D eigenvalue weighted by Gasteiger charge is 2.22. The molecule has 6 heteroatoms. The summed E-state index contributed by atoms with van der Waals surface area (Å²) in [6.45, 7) is 15.5. The fraction of sp³-hybridized carbons (Fsp3) is 0.938. The molecule has 0 radical (unpaired) electrons. The van der Waals surface area contributed by atoms with Crippen molar-refractivity contribution >= 4 is 29.9 Å². The predicted octanol–water partition coefficient (Wildman–Crippen LogP) is 1.98. The van der Waals surface area contributed by atoms with Gasteiger partial charge in [0.15, 0.2) is 5.96 Å². The van der Waals surface area contributed by atoms with Gasteiger partial charge in [0.05, 0.1) is 0 Å². The van der Waals surface area contributed by atoms with Crippen LogP contribution in [-0.2, 0) is 0 Å². The second-order valence-corrected chi connectivity index (χ2v) is 5.83. The van der Waals surface area contributed by atoms with E-state index in [1.54, 1.807) is 0 Å². The first kappa shape index (κ1) is 21.9. The van der Waals surface area contributed by atoms with E-state index in [-0.39, 0.29) is 24.0 Å². The molecule has 2 atom stereocenters. The van der Waals surface area contributed by atoms with E-state index in [2.05, 4.69) is 53.1 Å². The second kappa shape index (κ2) is 12.4. The number of guanidine groups is 1. The predicted molar refractivity (Wildman–Crippen MR) is 107 cm³/mol. The topological polar surface area (TPSA) is 42.9 Å². The summed E-state index contributed by atoms with van der Waals surface area (Å²) < 4.78 is 0. The van der Waals surface area contributed by atoms with Crippen molar-refractivity contribution in [2.24, 2.45) is 4.99 Å². The second-order valence-electron chi connectivity index (χ2n) is 5.83. The van der Waals surface area contributed by atoms with Crippen molar-refractivity contribution in [3.63, 3.8) is 0 Å². The quantitative estimate of drug-likeness (QED) is 0.355. The fourth-order valence-corrected chi connectivity index (χ4v) is 3.20. The van der Waals surface area contributed by atoms with Gasteiger partial charge in [-0.25, -0.2) is 0 Å². The maximum Gasteiger partial charge on any atom is 0.191 e. The van der Waals surface area contributed by atoms with Gasteiger partial charge in [0, 0.05) is 32.2 Å². The molecule has 2 N–H and O–H groups in total. The van der Waals surface area contributed by atoms with Gasteiger partial charge in [-0.3, -0.25) is 14.8 Å². The maximum atomic E-state index is 4.34. The summed E-state index contributed by atoms with van der Waals surface area (Å²) in [5.41, 5.74) is 0. The first-order valence-corrected chi connectivity index (χ1v) is 8.58. The van der Waals surface area contributed by atoms with Crippen LogP contribution in [0.2, 0.25) is 0 Å². The Morgan fingerprint density at radius 1 is 1.27 bits per heavy atom. The lowest BCUT2D eigenvalue weighted by atomic mass is 10.2. The zero-order chi connectivity index (χ0) is 15.7. The minimum Gasteiger partial charge on any atom is -0.355 e. The molecule has 0 aromatic heterocycles. The van der Waals surface area contributed by atoms with Crippen molar-refractivity contribution in [3.05, 3.63) is 0 Å². The number of hydrogen-bond acceptors (Lipinski definition) is 3. The van der Waals surface area contributed by atoms with Crippen LogP contribution in [0.25, 0.3) is 0 Å². The summed E-state index contributed by atoms with van der Waals surface area (Å²) in [7, 11) is 1.85. The van der Waals surface area contributed by atoms with Crippen molar-refractivity contribution in [1.82, 2.24) is 20.4 Å². The Morgan fingerprint density at radius 3 is 2.50 bits per heavy atom. The molecular weight excluding hydrogens is 389 g/mol. The standard InChI is InChI=1S/C16H35N5.HI/c1-6-20(7-2)14(4)12-18-16(17-5)19-13-15-10-9-11-21(15)8-3;/h14-15H,6-13H2,1-5H3,(H2,17,18,19);1H. The zero-order valence-electron chi connectivity index (χ0n) is 15.1. The monoisotopic (exact) mass is 425 g/mol. The molecule has 0 aromatic rings. The molecular formula is C16H36IN5. The molecule has 1 aliphatic rings. The van der Waals surface area contributed by atoms with Crippen LogP contribution >= 0.6 is 24.0 Å². The summed E-state index contributed by atoms with van der Waals surface area (Å²) in [6, 6.07) is 1.19. The van der Waals surface area contributed by atoms with Gasteiger partial charge in [-0.15, -0.1) is 24.0 Å². The van der Waals surface area contributed by atoms with Crippen LogP contribution < -0.4 is 10.6 Å². The van der Waals surface area contributed by atoms with Crippen molar-refractivity contribution in [3.8, 4) is 0 Å². The van der Waals surface area contributed by atoms with E-state index in [0.29, 0.717) is 12.1 Å². The molecule has 0 bridgehead atoms. The van der Waals surface area contributed by atoms with Gasteiger partial charge in [0.1, 0.15) is 0 Å². The molecule has 1 fully saturated rings. The van der Waals surface area contributed by atoms with E-state index in [1.807, 2.05) is 7.05 Å². The molecule has 1 rings (SSSR count). The van der Waals surface area contributed by atoms with E-state index >= 15 is 0 Å². The number of hydrogen-bond donors (Lipinski definition) is 2. The van der Waals surface area contributed by atoms with Crippen LogP contribution in [0.5, 0.6) is 0 Å². The lowest BCUT2D eigenvalue weighted by Crippen LogP contribution is -2.48. The van der Waals surface area contributed by atoms with Gasteiger partial charge in [0.2, 0.25) is 0 Å². The number of likely N-dealkylation sites (N-methyl/N-ethyl adjacent to an activating group) is 2. The number of aliphatic imine (C=N–C) groups is 1. The summed E-state index contributed by atoms with van der Waals surface area (Å²) >= 11 is 0. The van der Waals surface area contributed by atoms with Crippen molar-refractivity contribution in [2.75, 3.05) is 46.3 Å². The Balaban J connectivity index is 0.00000441. The van der Waals surface area contributed by atoms with Gasteiger partial charge in [0.25, 0.3) is 0 Å². The summed E-state index contributed by atoms with van der Waals surface area (Å²) in [5.74, 6) is 0.928. The van der Waals surface area contributed by atoms with Gasteiger partial charge in [-0.2, -0.15) is 0 Å². The third kappa shape index (κ3) is 7.00. The molecule has 132 valence electrons. The molecule has 2 unspecified atom stereocenters. The highest BCUT2D eigenvalue weighted by Crippen LogP contribution is 2.15. The van der Waals surface area contributed by atoms with Crippen LogP contribution in [0.1, 0.15) is 40.5 Å². The molecule has 0 spiro atoms. The third-order valence-electron chi connectivity index (χ3n) is 4.63. The molecule has 0 aromatic carbocycles. The third-order valence-corrected chi connectivity index (χ3v) is 4.63. The van der Waals surface area contributed by atoms with Gasteiger partial charge in [-0.05, 0) is 45.9 Å². The molecule has 0 aliphatic carbocycles. The average Bonchev–Trinajstić information content (AvgIpc) is 2.96. The Hall–Kier alpha value is -0.0800. The molecule has 1 saturated heterocycles. The molecule has 1 heterocycles. The Labute approximate surface area is 154 Å². The lowest BCUT2D eigenvalue weighted by Gasteiger charge is -2.28. The van der Waals surface area contributed by atoms with E-state index in [1.165, 1.54) is 19.4 Å². The Morgan fingerprint density at radius 2 is 1.95 bits per heavy atom. The van der Waals surface area contributed by atoms with E-state index in [4.69, 9.17) is 0 Å². The van der Waals surface area contributed by atoms with Crippen LogP contribution in [-0.4, -0.2) is 74.2 Å². The fourth-order valence-electron chi connectivity index (χ4n) is 3.20. The van der Waals surface area contributed by atoms with Crippen molar-refractivity contribution < 1.29 is 0 Å². The molecule has 5 nitrogen and oxygen atoms in total. The summed E-state index contributed by atoms with van der Waals surface area (Å²) in [4.78, 5) is 9.35. The van der Waals surface area contributed by atoms with E-state index in [9.17, 15) is 0 Å². The lowest BCUT2D eigenvalue weighted by molar-refractivity contribution is 0.231. The Bertz CT molecular complexity index is 307. The van der Waals surface area contributed by atoms with Crippen LogP contribution in [0, 0.1) is 0 Å². The molecule has 1 aliphatic heterocycles.